The molecule has 1 saturated heterocycles. The van der Waals surface area contributed by atoms with Crippen LogP contribution in [0.25, 0.3) is 0 Å². The van der Waals surface area contributed by atoms with Crippen molar-refractivity contribution >= 4 is 11.6 Å². The molecule has 2 aromatic rings. The van der Waals surface area contributed by atoms with Crippen molar-refractivity contribution in [3.8, 4) is 0 Å². The first-order valence-corrected chi connectivity index (χ1v) is 7.66. The van der Waals surface area contributed by atoms with Crippen molar-refractivity contribution in [2.45, 2.75) is 6.04 Å². The van der Waals surface area contributed by atoms with Gasteiger partial charge in [-0.15, -0.1) is 0 Å². The number of nitrogens with zero attached hydrogens (tertiary/aromatic N) is 2. The number of piperazine rings is 1. The third-order valence-corrected chi connectivity index (χ3v) is 4.27. The largest absolute Gasteiger partial charge is 0.290 e. The molecule has 3 nitrogen and oxygen atoms in total. The molecule has 0 amide bonds. The van der Waals surface area contributed by atoms with Crippen LogP contribution in [0.5, 0.6) is 0 Å². The Morgan fingerprint density at radius 3 is 2.00 bits per heavy atom. The fraction of sp³-hybridized carbons (Fsp3) is 0.294. The lowest BCUT2D eigenvalue weighted by atomic mass is 9.96. The maximum Gasteiger partial charge on any atom is 0.0602 e. The van der Waals surface area contributed by atoms with E-state index in [1.165, 1.54) is 11.1 Å². The van der Waals surface area contributed by atoms with Crippen molar-refractivity contribution in [1.29, 1.82) is 0 Å². The van der Waals surface area contributed by atoms with Gasteiger partial charge in [-0.2, -0.15) is 0 Å². The van der Waals surface area contributed by atoms with Crippen molar-refractivity contribution in [3.63, 3.8) is 0 Å². The number of hydrogen-bond acceptors (Lipinski definition) is 3. The van der Waals surface area contributed by atoms with Crippen LogP contribution >= 0.6 is 11.6 Å². The lowest BCUT2D eigenvalue weighted by molar-refractivity contribution is 0.110. The van der Waals surface area contributed by atoms with Crippen molar-refractivity contribution in [1.82, 2.24) is 9.91 Å². The van der Waals surface area contributed by atoms with Gasteiger partial charge in [0.2, 0.25) is 0 Å². The number of nitrogens with two attached hydrogens (primary N) is 1. The van der Waals surface area contributed by atoms with E-state index >= 15 is 0 Å². The second-order valence-electron chi connectivity index (χ2n) is 5.44. The Kier molecular flexibility index (Phi) is 4.56. The standard InChI is InChI=1S/C17H20ClN3/c18-16-8-6-15(7-9-16)17(14-4-2-1-3-5-14)20-10-12-21(19)13-11-20/h1-9,17H,10-13,19H2. The van der Waals surface area contributed by atoms with Gasteiger partial charge in [-0.25, -0.2) is 5.01 Å². The Hall–Kier alpha value is -1.39. The summed E-state index contributed by atoms with van der Waals surface area (Å²) >= 11 is 6.03. The summed E-state index contributed by atoms with van der Waals surface area (Å²) in [5.74, 6) is 5.88. The smallest absolute Gasteiger partial charge is 0.0602 e. The summed E-state index contributed by atoms with van der Waals surface area (Å²) < 4.78 is 0. The number of hydrogen-bond donors (Lipinski definition) is 1. The molecule has 3 rings (SSSR count). The van der Waals surface area contributed by atoms with E-state index in [1.54, 1.807) is 0 Å². The van der Waals surface area contributed by atoms with Gasteiger partial charge in [0.1, 0.15) is 0 Å². The normalized spacial score (nSPS) is 18.6. The van der Waals surface area contributed by atoms with Crippen molar-refractivity contribution in [2.24, 2.45) is 5.84 Å². The van der Waals surface area contributed by atoms with E-state index in [4.69, 9.17) is 17.4 Å². The molecule has 1 unspecified atom stereocenters. The summed E-state index contributed by atoms with van der Waals surface area (Å²) in [6.45, 7) is 3.74. The highest BCUT2D eigenvalue weighted by atomic mass is 35.5. The van der Waals surface area contributed by atoms with Gasteiger partial charge < -0.3 is 0 Å². The fourth-order valence-corrected chi connectivity index (χ4v) is 3.02. The summed E-state index contributed by atoms with van der Waals surface area (Å²) in [4.78, 5) is 2.49. The quantitative estimate of drug-likeness (QED) is 0.885. The number of halogens is 1. The Bertz CT molecular complexity index is 562. The molecule has 1 aliphatic rings. The molecule has 0 aromatic heterocycles. The first kappa shape index (κ1) is 14.5. The summed E-state index contributed by atoms with van der Waals surface area (Å²) in [6.07, 6.45) is 0. The van der Waals surface area contributed by atoms with Crippen LogP contribution in [-0.2, 0) is 0 Å². The maximum absolute atomic E-state index is 6.03. The Labute approximate surface area is 130 Å². The monoisotopic (exact) mass is 301 g/mol. The van der Waals surface area contributed by atoms with Crippen molar-refractivity contribution in [2.75, 3.05) is 26.2 Å². The minimum atomic E-state index is 0.261. The Morgan fingerprint density at radius 1 is 0.810 bits per heavy atom. The van der Waals surface area contributed by atoms with Crippen LogP contribution in [-0.4, -0.2) is 36.1 Å². The molecular formula is C17H20ClN3. The van der Waals surface area contributed by atoms with E-state index in [0.29, 0.717) is 0 Å². The molecular weight excluding hydrogens is 282 g/mol. The molecule has 0 bridgehead atoms. The van der Waals surface area contributed by atoms with E-state index in [2.05, 4.69) is 47.4 Å². The minimum absolute atomic E-state index is 0.261. The first-order valence-electron chi connectivity index (χ1n) is 7.28. The van der Waals surface area contributed by atoms with Gasteiger partial charge in [0.25, 0.3) is 0 Å². The van der Waals surface area contributed by atoms with E-state index in [-0.39, 0.29) is 6.04 Å². The molecule has 4 heteroatoms. The molecule has 0 saturated carbocycles. The average molecular weight is 302 g/mol. The highest BCUT2D eigenvalue weighted by Gasteiger charge is 2.25. The van der Waals surface area contributed by atoms with Gasteiger partial charge in [-0.05, 0) is 23.3 Å². The first-order chi connectivity index (χ1) is 10.2. The zero-order chi connectivity index (χ0) is 14.7. The van der Waals surface area contributed by atoms with Crippen LogP contribution in [0.3, 0.4) is 0 Å². The van der Waals surface area contributed by atoms with E-state index in [1.807, 2.05) is 17.1 Å². The number of hydrazine groups is 1. The Morgan fingerprint density at radius 2 is 1.38 bits per heavy atom. The van der Waals surface area contributed by atoms with Crippen LogP contribution in [0, 0.1) is 0 Å². The molecule has 21 heavy (non-hydrogen) atoms. The molecule has 2 N–H and O–H groups in total. The van der Waals surface area contributed by atoms with Gasteiger partial charge in [-0.3, -0.25) is 10.7 Å². The molecule has 1 aliphatic heterocycles. The summed E-state index contributed by atoms with van der Waals surface area (Å²) in [7, 11) is 0. The lowest BCUT2D eigenvalue weighted by Gasteiger charge is -2.38. The summed E-state index contributed by atoms with van der Waals surface area (Å²) in [5, 5.41) is 2.66. The Balaban J connectivity index is 1.93. The second kappa shape index (κ2) is 6.58. The molecule has 1 heterocycles. The van der Waals surface area contributed by atoms with Crippen LogP contribution in [0.2, 0.25) is 5.02 Å². The van der Waals surface area contributed by atoms with Gasteiger partial charge in [0.05, 0.1) is 6.04 Å². The van der Waals surface area contributed by atoms with E-state index < -0.39 is 0 Å². The topological polar surface area (TPSA) is 32.5 Å². The van der Waals surface area contributed by atoms with Crippen LogP contribution in [0.4, 0.5) is 0 Å². The van der Waals surface area contributed by atoms with Crippen molar-refractivity contribution < 1.29 is 0 Å². The molecule has 0 aliphatic carbocycles. The van der Waals surface area contributed by atoms with Gasteiger partial charge in [0.15, 0.2) is 0 Å². The van der Waals surface area contributed by atoms with E-state index in [9.17, 15) is 0 Å². The number of benzene rings is 2. The average Bonchev–Trinajstić information content (AvgIpc) is 2.52. The fourth-order valence-electron chi connectivity index (χ4n) is 2.89. The van der Waals surface area contributed by atoms with Crippen LogP contribution in [0.15, 0.2) is 54.6 Å². The van der Waals surface area contributed by atoms with Crippen LogP contribution in [0.1, 0.15) is 17.2 Å². The maximum atomic E-state index is 6.03. The second-order valence-corrected chi connectivity index (χ2v) is 5.87. The summed E-state index contributed by atoms with van der Waals surface area (Å²) in [5.41, 5.74) is 2.58. The van der Waals surface area contributed by atoms with Gasteiger partial charge in [-0.1, -0.05) is 54.1 Å². The zero-order valence-corrected chi connectivity index (χ0v) is 12.7. The highest BCUT2D eigenvalue weighted by Crippen LogP contribution is 2.30. The molecule has 1 atom stereocenters. The van der Waals surface area contributed by atoms with E-state index in [0.717, 1.165) is 31.2 Å². The summed E-state index contributed by atoms with van der Waals surface area (Å²) in [6, 6.07) is 19.1. The zero-order valence-electron chi connectivity index (χ0n) is 12.0. The SMILES string of the molecule is NN1CCN(C(c2ccccc2)c2ccc(Cl)cc2)CC1. The third-order valence-electron chi connectivity index (χ3n) is 4.02. The molecule has 2 aromatic carbocycles. The molecule has 0 radical (unpaired) electrons. The molecule has 110 valence electrons. The third kappa shape index (κ3) is 3.44. The number of rotatable bonds is 3. The lowest BCUT2D eigenvalue weighted by Crippen LogP contribution is -2.50. The van der Waals surface area contributed by atoms with Crippen molar-refractivity contribution in [3.05, 3.63) is 70.7 Å². The van der Waals surface area contributed by atoms with Crippen LogP contribution < -0.4 is 5.84 Å². The molecule has 0 spiro atoms. The predicted octanol–water partition coefficient (Wildman–Crippen LogP) is 2.92. The highest BCUT2D eigenvalue weighted by molar-refractivity contribution is 6.30. The predicted molar refractivity (Wildman–Crippen MR) is 87.1 cm³/mol. The minimum Gasteiger partial charge on any atom is -0.290 e. The van der Waals surface area contributed by atoms with Gasteiger partial charge in [0, 0.05) is 31.2 Å². The van der Waals surface area contributed by atoms with Gasteiger partial charge >= 0.3 is 0 Å². The molecule has 1 fully saturated rings.